The number of furan rings is 1. The Morgan fingerprint density at radius 1 is 1.10 bits per heavy atom. The maximum Gasteiger partial charge on any atom is 0.290 e. The molecule has 1 aliphatic rings. The Bertz CT molecular complexity index is 1110. The van der Waals surface area contributed by atoms with Gasteiger partial charge in [-0.15, -0.1) is 0 Å². The molecule has 0 radical (unpaired) electrons. The van der Waals surface area contributed by atoms with Gasteiger partial charge in [0.1, 0.15) is 18.1 Å². The van der Waals surface area contributed by atoms with Gasteiger partial charge in [0.15, 0.2) is 5.76 Å². The van der Waals surface area contributed by atoms with E-state index in [4.69, 9.17) is 27.6 Å². The molecule has 0 saturated carbocycles. The minimum atomic E-state index is -0.554. The summed E-state index contributed by atoms with van der Waals surface area (Å²) in [7, 11) is 0. The predicted octanol–water partition coefficient (Wildman–Crippen LogP) is 4.63. The first-order valence-electron chi connectivity index (χ1n) is 8.83. The number of hydrogen-bond donors (Lipinski definition) is 1. The highest BCUT2D eigenvalue weighted by Crippen LogP contribution is 2.37. The maximum absolute atomic E-state index is 13.6. The highest BCUT2D eigenvalue weighted by molar-refractivity contribution is 6.31. The quantitative estimate of drug-likeness (QED) is 0.655. The van der Waals surface area contributed by atoms with Crippen LogP contribution in [0.15, 0.2) is 52.9 Å². The van der Waals surface area contributed by atoms with Crippen LogP contribution in [0, 0.1) is 5.82 Å². The highest BCUT2D eigenvalue weighted by Gasteiger charge is 2.27. The minimum absolute atomic E-state index is 0.0380. The fourth-order valence-corrected chi connectivity index (χ4v) is 3.56. The van der Waals surface area contributed by atoms with Crippen LogP contribution in [0.25, 0.3) is 22.5 Å². The lowest BCUT2D eigenvalue weighted by atomic mass is 10.0. The van der Waals surface area contributed by atoms with Crippen LogP contribution in [-0.4, -0.2) is 36.3 Å². The Labute approximate surface area is 176 Å². The van der Waals surface area contributed by atoms with Crippen LogP contribution < -0.4 is 5.32 Å². The second kappa shape index (κ2) is 7.89. The zero-order chi connectivity index (χ0) is 20.5. The molecule has 0 unspecified atom stereocenters. The van der Waals surface area contributed by atoms with Crippen LogP contribution in [0.1, 0.15) is 10.6 Å². The summed E-state index contributed by atoms with van der Waals surface area (Å²) >= 11 is 12.1. The standard InChI is InChI=1S/C21H15Cl2FN2O3/c22-14-3-1-2-12(8-14)15-10-18(21(28)26-7-6-25-19(27)11-26)29-20(15)13-4-5-17(24)16(23)9-13/h1-5,8-10H,6-7,11H2,(H,25,27). The van der Waals surface area contributed by atoms with Gasteiger partial charge in [0.05, 0.1) is 5.02 Å². The van der Waals surface area contributed by atoms with Crippen molar-refractivity contribution in [1.82, 2.24) is 10.2 Å². The van der Waals surface area contributed by atoms with E-state index in [0.717, 1.165) is 5.56 Å². The van der Waals surface area contributed by atoms with E-state index in [0.29, 0.717) is 35.0 Å². The Morgan fingerprint density at radius 2 is 1.93 bits per heavy atom. The minimum Gasteiger partial charge on any atom is -0.450 e. The Hall–Kier alpha value is -2.83. The van der Waals surface area contributed by atoms with E-state index in [1.54, 1.807) is 24.3 Å². The van der Waals surface area contributed by atoms with Gasteiger partial charge in [-0.2, -0.15) is 0 Å². The van der Waals surface area contributed by atoms with Crippen molar-refractivity contribution in [2.24, 2.45) is 0 Å². The van der Waals surface area contributed by atoms with Gasteiger partial charge in [0.25, 0.3) is 5.91 Å². The summed E-state index contributed by atoms with van der Waals surface area (Å²) in [6.45, 7) is 0.728. The first kappa shape index (κ1) is 19.5. The van der Waals surface area contributed by atoms with Gasteiger partial charge in [-0.05, 0) is 42.0 Å². The van der Waals surface area contributed by atoms with Crippen molar-refractivity contribution in [3.63, 3.8) is 0 Å². The van der Waals surface area contributed by atoms with Crippen LogP contribution >= 0.6 is 23.2 Å². The molecule has 2 heterocycles. The summed E-state index contributed by atoms with van der Waals surface area (Å²) in [6, 6.07) is 12.9. The van der Waals surface area contributed by atoms with Gasteiger partial charge < -0.3 is 14.6 Å². The first-order valence-corrected chi connectivity index (χ1v) is 9.59. The van der Waals surface area contributed by atoms with Crippen molar-refractivity contribution in [1.29, 1.82) is 0 Å². The van der Waals surface area contributed by atoms with E-state index in [1.165, 1.54) is 23.1 Å². The average molecular weight is 433 g/mol. The van der Waals surface area contributed by atoms with Gasteiger partial charge in [0.2, 0.25) is 5.91 Å². The summed E-state index contributed by atoms with van der Waals surface area (Å²) in [4.78, 5) is 25.9. The molecule has 148 valence electrons. The number of nitrogens with one attached hydrogen (secondary N) is 1. The third-order valence-corrected chi connectivity index (χ3v) is 5.11. The molecule has 1 aromatic heterocycles. The van der Waals surface area contributed by atoms with E-state index in [-0.39, 0.29) is 23.2 Å². The number of rotatable bonds is 3. The number of halogens is 3. The van der Waals surface area contributed by atoms with Gasteiger partial charge in [-0.1, -0.05) is 35.3 Å². The smallest absolute Gasteiger partial charge is 0.290 e. The third-order valence-electron chi connectivity index (χ3n) is 4.59. The average Bonchev–Trinajstić information content (AvgIpc) is 3.15. The molecule has 5 nitrogen and oxygen atoms in total. The number of nitrogens with zero attached hydrogens (tertiary/aromatic N) is 1. The Kier molecular flexibility index (Phi) is 5.30. The van der Waals surface area contributed by atoms with Crippen molar-refractivity contribution in [2.45, 2.75) is 0 Å². The molecule has 8 heteroatoms. The van der Waals surface area contributed by atoms with Crippen molar-refractivity contribution in [3.8, 4) is 22.5 Å². The fraction of sp³-hybridized carbons (Fsp3) is 0.143. The zero-order valence-corrected chi connectivity index (χ0v) is 16.6. The summed E-state index contributed by atoms with van der Waals surface area (Å²) in [5.41, 5.74) is 1.86. The van der Waals surface area contributed by atoms with E-state index in [1.807, 2.05) is 6.07 Å². The summed E-state index contributed by atoms with van der Waals surface area (Å²) in [5.74, 6) is -0.745. The second-order valence-corrected chi connectivity index (χ2v) is 7.41. The molecule has 2 aromatic carbocycles. The second-order valence-electron chi connectivity index (χ2n) is 6.57. The van der Waals surface area contributed by atoms with E-state index < -0.39 is 11.7 Å². The molecular weight excluding hydrogens is 418 g/mol. The maximum atomic E-state index is 13.6. The third kappa shape index (κ3) is 3.99. The summed E-state index contributed by atoms with van der Waals surface area (Å²) in [5, 5.41) is 3.14. The number of piperazine rings is 1. The van der Waals surface area contributed by atoms with Crippen molar-refractivity contribution < 1.29 is 18.4 Å². The van der Waals surface area contributed by atoms with E-state index >= 15 is 0 Å². The first-order chi connectivity index (χ1) is 13.9. The van der Waals surface area contributed by atoms with Crippen molar-refractivity contribution in [2.75, 3.05) is 19.6 Å². The molecule has 0 aliphatic carbocycles. The van der Waals surface area contributed by atoms with Crippen LogP contribution in [0.3, 0.4) is 0 Å². The lowest BCUT2D eigenvalue weighted by Crippen LogP contribution is -2.49. The molecule has 29 heavy (non-hydrogen) atoms. The molecule has 2 amide bonds. The number of carbonyl (C=O) groups is 2. The SMILES string of the molecule is O=C1CN(C(=O)c2cc(-c3cccc(Cl)c3)c(-c3ccc(F)c(Cl)c3)o2)CCN1. The predicted molar refractivity (Wildman–Crippen MR) is 108 cm³/mol. The van der Waals surface area contributed by atoms with Crippen molar-refractivity contribution in [3.05, 3.63) is 70.2 Å². The molecule has 1 saturated heterocycles. The monoisotopic (exact) mass is 432 g/mol. The number of amides is 2. The van der Waals surface area contributed by atoms with Crippen LogP contribution in [0.4, 0.5) is 4.39 Å². The lowest BCUT2D eigenvalue weighted by molar-refractivity contribution is -0.123. The molecule has 0 bridgehead atoms. The fourth-order valence-electron chi connectivity index (χ4n) is 3.19. The molecular formula is C21H15Cl2FN2O3. The van der Waals surface area contributed by atoms with E-state index in [2.05, 4.69) is 5.32 Å². The molecule has 1 fully saturated rings. The van der Waals surface area contributed by atoms with E-state index in [9.17, 15) is 14.0 Å². The number of carbonyl (C=O) groups excluding carboxylic acids is 2. The molecule has 0 spiro atoms. The van der Waals surface area contributed by atoms with Gasteiger partial charge in [-0.25, -0.2) is 4.39 Å². The van der Waals surface area contributed by atoms with Crippen molar-refractivity contribution >= 4 is 35.0 Å². The molecule has 4 rings (SSSR count). The molecule has 3 aromatic rings. The van der Waals surface area contributed by atoms with Crippen LogP contribution in [0.5, 0.6) is 0 Å². The normalized spacial score (nSPS) is 14.0. The topological polar surface area (TPSA) is 62.6 Å². The largest absolute Gasteiger partial charge is 0.450 e. The number of benzene rings is 2. The Balaban J connectivity index is 1.81. The van der Waals surface area contributed by atoms with Gasteiger partial charge in [-0.3, -0.25) is 9.59 Å². The molecule has 1 aliphatic heterocycles. The molecule has 0 atom stereocenters. The Morgan fingerprint density at radius 3 is 2.66 bits per heavy atom. The van der Waals surface area contributed by atoms with Crippen LogP contribution in [-0.2, 0) is 4.79 Å². The summed E-state index contributed by atoms with van der Waals surface area (Å²) in [6.07, 6.45) is 0. The highest BCUT2D eigenvalue weighted by atomic mass is 35.5. The zero-order valence-electron chi connectivity index (χ0n) is 15.0. The lowest BCUT2D eigenvalue weighted by Gasteiger charge is -2.25. The van der Waals surface area contributed by atoms with Gasteiger partial charge in [0, 0.05) is 29.2 Å². The van der Waals surface area contributed by atoms with Crippen LogP contribution in [0.2, 0.25) is 10.0 Å². The van der Waals surface area contributed by atoms with Gasteiger partial charge >= 0.3 is 0 Å². The number of hydrogen-bond acceptors (Lipinski definition) is 3. The molecule has 1 N–H and O–H groups in total. The summed E-state index contributed by atoms with van der Waals surface area (Å²) < 4.78 is 19.5.